The van der Waals surface area contributed by atoms with Crippen molar-refractivity contribution < 1.29 is 14.3 Å². The number of ether oxygens (including phenoxy) is 2. The van der Waals surface area contributed by atoms with Crippen LogP contribution in [0, 0.1) is 5.92 Å². The van der Waals surface area contributed by atoms with Gasteiger partial charge in [0.25, 0.3) is 0 Å². The van der Waals surface area contributed by atoms with E-state index >= 15 is 0 Å². The Morgan fingerprint density at radius 1 is 1.50 bits per heavy atom. The quantitative estimate of drug-likeness (QED) is 0.778. The van der Waals surface area contributed by atoms with Crippen molar-refractivity contribution in [3.8, 4) is 0 Å². The van der Waals surface area contributed by atoms with Crippen LogP contribution in [-0.4, -0.2) is 62.0 Å². The van der Waals surface area contributed by atoms with E-state index in [0.29, 0.717) is 12.5 Å². The van der Waals surface area contributed by atoms with E-state index in [-0.39, 0.29) is 12.1 Å². The summed E-state index contributed by atoms with van der Waals surface area (Å²) in [6, 6.07) is 0.00352. The normalized spacial score (nSPS) is 22.2. The highest BCUT2D eigenvalue weighted by molar-refractivity contribution is 5.68. The van der Waals surface area contributed by atoms with Crippen molar-refractivity contribution in [3.63, 3.8) is 0 Å². The fourth-order valence-electron chi connectivity index (χ4n) is 2.85. The molecule has 3 unspecified atom stereocenters. The number of amides is 1. The molecule has 0 aromatic carbocycles. The van der Waals surface area contributed by atoms with Crippen LogP contribution in [-0.2, 0) is 9.47 Å². The van der Waals surface area contributed by atoms with E-state index in [1.807, 2.05) is 27.7 Å². The predicted octanol–water partition coefficient (Wildman–Crippen LogP) is 1.59. The summed E-state index contributed by atoms with van der Waals surface area (Å²) in [4.78, 5) is 14.1. The summed E-state index contributed by atoms with van der Waals surface area (Å²) < 4.78 is 10.8. The van der Waals surface area contributed by atoms with Gasteiger partial charge >= 0.3 is 6.09 Å². The van der Waals surface area contributed by atoms with Crippen LogP contribution in [0.1, 0.15) is 40.5 Å². The average Bonchev–Trinajstić information content (AvgIpc) is 2.38. The van der Waals surface area contributed by atoms with Gasteiger partial charge in [0.05, 0.1) is 6.61 Å². The van der Waals surface area contributed by atoms with E-state index in [2.05, 4.69) is 17.3 Å². The molecule has 0 aliphatic carbocycles. The zero-order chi connectivity index (χ0) is 16.8. The average molecular weight is 315 g/mol. The Labute approximate surface area is 134 Å². The van der Waals surface area contributed by atoms with Crippen molar-refractivity contribution in [2.24, 2.45) is 11.7 Å². The second-order valence-corrected chi connectivity index (χ2v) is 7.26. The Hall–Kier alpha value is -0.850. The molecule has 3 N–H and O–H groups in total. The molecule has 1 aliphatic heterocycles. The SMILES string of the molecule is CC(NC(=O)OC(C)(C)C)C(CN)N(C)CC1CCCOC1. The summed E-state index contributed by atoms with van der Waals surface area (Å²) in [6.07, 6.45) is 1.92. The van der Waals surface area contributed by atoms with Crippen molar-refractivity contribution in [1.82, 2.24) is 10.2 Å². The number of hydrogen-bond acceptors (Lipinski definition) is 5. The number of nitrogens with zero attached hydrogens (tertiary/aromatic N) is 1. The van der Waals surface area contributed by atoms with Crippen LogP contribution in [0.15, 0.2) is 0 Å². The number of alkyl carbamates (subject to hydrolysis) is 1. The topological polar surface area (TPSA) is 76.8 Å². The van der Waals surface area contributed by atoms with E-state index in [0.717, 1.165) is 26.2 Å². The van der Waals surface area contributed by atoms with Crippen LogP contribution in [0.5, 0.6) is 0 Å². The van der Waals surface area contributed by atoms with Crippen LogP contribution >= 0.6 is 0 Å². The molecule has 130 valence electrons. The van der Waals surface area contributed by atoms with E-state index in [1.165, 1.54) is 6.42 Å². The molecule has 0 spiro atoms. The van der Waals surface area contributed by atoms with Gasteiger partial charge in [-0.2, -0.15) is 0 Å². The minimum Gasteiger partial charge on any atom is -0.444 e. The number of likely N-dealkylation sites (N-methyl/N-ethyl adjacent to an activating group) is 1. The van der Waals surface area contributed by atoms with Crippen molar-refractivity contribution in [2.45, 2.75) is 58.2 Å². The van der Waals surface area contributed by atoms with Gasteiger partial charge in [-0.05, 0) is 53.5 Å². The maximum atomic E-state index is 11.9. The maximum Gasteiger partial charge on any atom is 0.407 e. The Morgan fingerprint density at radius 3 is 2.68 bits per heavy atom. The lowest BCUT2D eigenvalue weighted by atomic mass is 10.00. The van der Waals surface area contributed by atoms with Gasteiger partial charge in [-0.3, -0.25) is 4.90 Å². The molecule has 1 heterocycles. The first-order chi connectivity index (χ1) is 10.2. The summed E-state index contributed by atoms with van der Waals surface area (Å²) in [6.45, 7) is 10.6. The molecule has 0 aromatic heterocycles. The van der Waals surface area contributed by atoms with Gasteiger partial charge in [0.1, 0.15) is 5.60 Å². The summed E-state index contributed by atoms with van der Waals surface area (Å²) >= 11 is 0. The van der Waals surface area contributed by atoms with E-state index in [4.69, 9.17) is 15.2 Å². The number of rotatable bonds is 6. The number of nitrogens with two attached hydrogens (primary N) is 1. The highest BCUT2D eigenvalue weighted by Crippen LogP contribution is 2.16. The van der Waals surface area contributed by atoms with Crippen LogP contribution < -0.4 is 11.1 Å². The third-order valence-electron chi connectivity index (χ3n) is 3.93. The van der Waals surface area contributed by atoms with Crippen molar-refractivity contribution in [3.05, 3.63) is 0 Å². The maximum absolute atomic E-state index is 11.9. The smallest absolute Gasteiger partial charge is 0.407 e. The lowest BCUT2D eigenvalue weighted by Crippen LogP contribution is -2.54. The van der Waals surface area contributed by atoms with Gasteiger partial charge in [-0.1, -0.05) is 0 Å². The minimum absolute atomic E-state index is 0.0747. The summed E-state index contributed by atoms with van der Waals surface area (Å²) in [5.74, 6) is 0.543. The van der Waals surface area contributed by atoms with E-state index < -0.39 is 11.7 Å². The van der Waals surface area contributed by atoms with E-state index in [1.54, 1.807) is 0 Å². The van der Waals surface area contributed by atoms with Crippen LogP contribution in [0.2, 0.25) is 0 Å². The first kappa shape index (κ1) is 19.2. The van der Waals surface area contributed by atoms with Gasteiger partial charge in [0, 0.05) is 31.8 Å². The molecule has 1 saturated heterocycles. The van der Waals surface area contributed by atoms with Crippen LogP contribution in [0.4, 0.5) is 4.79 Å². The molecule has 1 aliphatic rings. The summed E-state index contributed by atoms with van der Waals surface area (Å²) in [5.41, 5.74) is 5.42. The zero-order valence-electron chi connectivity index (χ0n) is 14.7. The van der Waals surface area contributed by atoms with Gasteiger partial charge in [-0.25, -0.2) is 4.79 Å². The first-order valence-electron chi connectivity index (χ1n) is 8.20. The molecular formula is C16H33N3O3. The number of nitrogens with one attached hydrogen (secondary N) is 1. The first-order valence-corrected chi connectivity index (χ1v) is 8.20. The highest BCUT2D eigenvalue weighted by Gasteiger charge is 2.26. The van der Waals surface area contributed by atoms with Crippen molar-refractivity contribution >= 4 is 6.09 Å². The Kier molecular flexibility index (Phi) is 7.59. The molecule has 0 saturated carbocycles. The third kappa shape index (κ3) is 6.94. The zero-order valence-corrected chi connectivity index (χ0v) is 14.7. The minimum atomic E-state index is -0.493. The monoisotopic (exact) mass is 315 g/mol. The fourth-order valence-corrected chi connectivity index (χ4v) is 2.85. The number of carbonyl (C=O) groups is 1. The van der Waals surface area contributed by atoms with Gasteiger partial charge in [0.2, 0.25) is 0 Å². The molecule has 6 heteroatoms. The highest BCUT2D eigenvalue weighted by atomic mass is 16.6. The lowest BCUT2D eigenvalue weighted by Gasteiger charge is -2.35. The molecule has 0 radical (unpaired) electrons. The molecule has 0 aromatic rings. The largest absolute Gasteiger partial charge is 0.444 e. The Balaban J connectivity index is 2.48. The van der Waals surface area contributed by atoms with Crippen LogP contribution in [0.3, 0.4) is 0 Å². The molecular weight excluding hydrogens is 282 g/mol. The molecule has 0 bridgehead atoms. The molecule has 22 heavy (non-hydrogen) atoms. The molecule has 1 fully saturated rings. The molecule has 3 atom stereocenters. The predicted molar refractivity (Wildman–Crippen MR) is 87.8 cm³/mol. The molecule has 1 rings (SSSR count). The summed E-state index contributed by atoms with van der Waals surface area (Å²) in [5, 5.41) is 2.89. The number of carbonyl (C=O) groups excluding carboxylic acids is 1. The Morgan fingerprint density at radius 2 is 2.18 bits per heavy atom. The van der Waals surface area contributed by atoms with Gasteiger partial charge in [-0.15, -0.1) is 0 Å². The lowest BCUT2D eigenvalue weighted by molar-refractivity contribution is 0.0307. The standard InChI is InChI=1S/C16H33N3O3/c1-12(18-15(20)22-16(2,3)4)14(9-17)19(5)10-13-7-6-8-21-11-13/h12-14H,6-11,17H2,1-5H3,(H,18,20). The second-order valence-electron chi connectivity index (χ2n) is 7.26. The van der Waals surface area contributed by atoms with Gasteiger partial charge < -0.3 is 20.5 Å². The second kappa shape index (κ2) is 8.70. The van der Waals surface area contributed by atoms with Crippen molar-refractivity contribution in [2.75, 3.05) is 33.4 Å². The third-order valence-corrected chi connectivity index (χ3v) is 3.93. The summed E-state index contributed by atoms with van der Waals surface area (Å²) in [7, 11) is 2.05. The van der Waals surface area contributed by atoms with E-state index in [9.17, 15) is 4.79 Å². The van der Waals surface area contributed by atoms with Gasteiger partial charge in [0.15, 0.2) is 0 Å². The molecule has 6 nitrogen and oxygen atoms in total. The van der Waals surface area contributed by atoms with Crippen LogP contribution in [0.25, 0.3) is 0 Å². The number of hydrogen-bond donors (Lipinski definition) is 2. The fraction of sp³-hybridized carbons (Fsp3) is 0.938. The Bertz CT molecular complexity index is 338. The van der Waals surface area contributed by atoms with Crippen molar-refractivity contribution in [1.29, 1.82) is 0 Å². The molecule has 1 amide bonds.